The second-order valence-corrected chi connectivity index (χ2v) is 9.15. The monoisotopic (exact) mass is 431 g/mol. The number of anilines is 1. The van der Waals surface area contributed by atoms with Crippen molar-refractivity contribution in [3.63, 3.8) is 0 Å². The summed E-state index contributed by atoms with van der Waals surface area (Å²) >= 11 is 1.51. The van der Waals surface area contributed by atoms with Crippen LogP contribution in [0.25, 0.3) is 21.3 Å². The smallest absolute Gasteiger partial charge is 0.263 e. The number of thiophene rings is 1. The second-order valence-electron chi connectivity index (χ2n) is 7.95. The molecule has 2 aromatic carbocycles. The predicted octanol–water partition coefficient (Wildman–Crippen LogP) is 5.56. The van der Waals surface area contributed by atoms with Crippen LogP contribution in [0.5, 0.6) is 0 Å². The molecule has 0 aliphatic heterocycles. The van der Waals surface area contributed by atoms with Crippen LogP contribution >= 0.6 is 11.3 Å². The van der Waals surface area contributed by atoms with Crippen molar-refractivity contribution in [3.05, 3.63) is 80.7 Å². The first-order chi connectivity index (χ1) is 14.8. The van der Waals surface area contributed by atoms with E-state index in [2.05, 4.69) is 36.3 Å². The standard InChI is InChI=1S/C25H25N3O2S/c1-14-10-11-19(12-16(14)3)21-18(5)31-24-22(21)25(30)28(13-26-24)17(4)23(29)27-20-9-7-6-8-15(20)2/h6-13,17H,1-5H3,(H,27,29). The van der Waals surface area contributed by atoms with E-state index in [0.29, 0.717) is 10.2 Å². The summed E-state index contributed by atoms with van der Waals surface area (Å²) in [5, 5.41) is 3.50. The van der Waals surface area contributed by atoms with Gasteiger partial charge in [-0.15, -0.1) is 11.3 Å². The second kappa shape index (κ2) is 8.12. The van der Waals surface area contributed by atoms with E-state index < -0.39 is 6.04 Å². The molecule has 0 spiro atoms. The van der Waals surface area contributed by atoms with Gasteiger partial charge in [0.05, 0.1) is 11.7 Å². The van der Waals surface area contributed by atoms with E-state index in [1.807, 2.05) is 44.2 Å². The van der Waals surface area contributed by atoms with Gasteiger partial charge in [-0.1, -0.05) is 36.4 Å². The molecule has 1 amide bonds. The lowest BCUT2D eigenvalue weighted by molar-refractivity contribution is -0.118. The molecule has 31 heavy (non-hydrogen) atoms. The number of rotatable bonds is 4. The third kappa shape index (κ3) is 3.79. The first-order valence-electron chi connectivity index (χ1n) is 10.2. The first kappa shape index (κ1) is 21.0. The predicted molar refractivity (Wildman–Crippen MR) is 128 cm³/mol. The maximum absolute atomic E-state index is 13.5. The molecule has 0 fully saturated rings. The summed E-state index contributed by atoms with van der Waals surface area (Å²) in [6, 6.07) is 13.1. The largest absolute Gasteiger partial charge is 0.324 e. The Balaban J connectivity index is 1.79. The number of nitrogens with zero attached hydrogens (tertiary/aromatic N) is 2. The molecular weight excluding hydrogens is 406 g/mol. The van der Waals surface area contributed by atoms with E-state index in [0.717, 1.165) is 27.3 Å². The van der Waals surface area contributed by atoms with Crippen molar-refractivity contribution in [2.75, 3.05) is 5.32 Å². The lowest BCUT2D eigenvalue weighted by Gasteiger charge is -2.16. The van der Waals surface area contributed by atoms with Gasteiger partial charge in [0.25, 0.3) is 5.56 Å². The molecule has 2 aromatic heterocycles. The maximum Gasteiger partial charge on any atom is 0.263 e. The topological polar surface area (TPSA) is 64.0 Å². The van der Waals surface area contributed by atoms with Gasteiger partial charge in [-0.2, -0.15) is 0 Å². The van der Waals surface area contributed by atoms with Gasteiger partial charge in [-0.3, -0.25) is 14.2 Å². The third-order valence-electron chi connectivity index (χ3n) is 5.81. The first-order valence-corrected chi connectivity index (χ1v) is 11.0. The van der Waals surface area contributed by atoms with Crippen molar-refractivity contribution in [2.45, 2.75) is 40.7 Å². The molecular formula is C25H25N3O2S. The summed E-state index contributed by atoms with van der Waals surface area (Å²) < 4.78 is 1.42. The van der Waals surface area contributed by atoms with Crippen LogP contribution in [0.3, 0.4) is 0 Å². The lowest BCUT2D eigenvalue weighted by Crippen LogP contribution is -2.31. The van der Waals surface area contributed by atoms with Crippen molar-refractivity contribution >= 4 is 33.1 Å². The van der Waals surface area contributed by atoms with Crippen molar-refractivity contribution < 1.29 is 4.79 Å². The van der Waals surface area contributed by atoms with E-state index in [-0.39, 0.29) is 11.5 Å². The Bertz CT molecular complexity index is 1370. The zero-order chi connectivity index (χ0) is 22.3. The summed E-state index contributed by atoms with van der Waals surface area (Å²) in [5.74, 6) is -0.253. The summed E-state index contributed by atoms with van der Waals surface area (Å²) in [5.41, 5.74) is 5.79. The van der Waals surface area contributed by atoms with Gasteiger partial charge in [0.15, 0.2) is 0 Å². The highest BCUT2D eigenvalue weighted by Gasteiger charge is 2.22. The minimum atomic E-state index is -0.697. The maximum atomic E-state index is 13.5. The molecule has 1 unspecified atom stereocenters. The number of benzene rings is 2. The van der Waals surface area contributed by atoms with Gasteiger partial charge in [0, 0.05) is 16.1 Å². The van der Waals surface area contributed by atoms with Crippen molar-refractivity contribution in [1.29, 1.82) is 0 Å². The molecule has 0 aliphatic rings. The molecule has 4 aromatic rings. The number of amides is 1. The normalized spacial score (nSPS) is 12.2. The fraction of sp³-hybridized carbons (Fsp3) is 0.240. The van der Waals surface area contributed by atoms with Crippen molar-refractivity contribution in [2.24, 2.45) is 0 Å². The van der Waals surface area contributed by atoms with Crippen molar-refractivity contribution in [1.82, 2.24) is 9.55 Å². The Kier molecular flexibility index (Phi) is 5.50. The van der Waals surface area contributed by atoms with Gasteiger partial charge in [0.1, 0.15) is 10.9 Å². The SMILES string of the molecule is Cc1ccc(-c2c(C)sc3ncn(C(C)C(=O)Nc4ccccc4C)c(=O)c23)cc1C. The van der Waals surface area contributed by atoms with Crippen LogP contribution < -0.4 is 10.9 Å². The van der Waals surface area contributed by atoms with Gasteiger partial charge >= 0.3 is 0 Å². The van der Waals surface area contributed by atoms with Crippen molar-refractivity contribution in [3.8, 4) is 11.1 Å². The average Bonchev–Trinajstić information content (AvgIpc) is 3.08. The molecule has 158 valence electrons. The molecule has 6 heteroatoms. The Hall–Kier alpha value is -3.25. The van der Waals surface area contributed by atoms with Gasteiger partial charge < -0.3 is 5.32 Å². The Morgan fingerprint density at radius 1 is 1.03 bits per heavy atom. The summed E-state index contributed by atoms with van der Waals surface area (Å²) in [6.45, 7) is 9.80. The quantitative estimate of drug-likeness (QED) is 0.460. The molecule has 5 nitrogen and oxygen atoms in total. The number of para-hydroxylation sites is 1. The fourth-order valence-corrected chi connectivity index (χ4v) is 4.72. The number of carbonyl (C=O) groups excluding carboxylic acids is 1. The third-order valence-corrected chi connectivity index (χ3v) is 6.82. The summed E-state index contributed by atoms with van der Waals surface area (Å²) in [7, 11) is 0. The number of nitrogens with one attached hydrogen (secondary N) is 1. The Morgan fingerprint density at radius 3 is 2.48 bits per heavy atom. The number of aryl methyl sites for hydroxylation is 4. The molecule has 4 rings (SSSR count). The van der Waals surface area contributed by atoms with E-state index >= 15 is 0 Å². The number of fused-ring (bicyclic) bond motifs is 1. The van der Waals surface area contributed by atoms with Crippen LogP contribution in [-0.4, -0.2) is 15.5 Å². The number of hydrogen-bond acceptors (Lipinski definition) is 4. The number of carbonyl (C=O) groups is 1. The van der Waals surface area contributed by atoms with Crippen LogP contribution in [0, 0.1) is 27.7 Å². The molecule has 2 heterocycles. The lowest BCUT2D eigenvalue weighted by atomic mass is 9.99. The number of aromatic nitrogens is 2. The molecule has 0 saturated carbocycles. The van der Waals surface area contributed by atoms with Crippen LogP contribution in [0.4, 0.5) is 5.69 Å². The molecule has 1 N–H and O–H groups in total. The summed E-state index contributed by atoms with van der Waals surface area (Å²) in [4.78, 5) is 32.7. The zero-order valence-electron chi connectivity index (χ0n) is 18.3. The fourth-order valence-electron chi connectivity index (χ4n) is 3.71. The van der Waals surface area contributed by atoms with Crippen LogP contribution in [0.15, 0.2) is 53.6 Å². The Morgan fingerprint density at radius 2 is 1.77 bits per heavy atom. The minimum absolute atomic E-state index is 0.199. The van der Waals surface area contributed by atoms with Gasteiger partial charge in [-0.25, -0.2) is 4.98 Å². The van der Waals surface area contributed by atoms with Crippen LogP contribution in [0.2, 0.25) is 0 Å². The van der Waals surface area contributed by atoms with E-state index in [1.165, 1.54) is 33.4 Å². The molecule has 1 atom stereocenters. The van der Waals surface area contributed by atoms with Crippen LogP contribution in [0.1, 0.15) is 34.5 Å². The molecule has 0 aliphatic carbocycles. The van der Waals surface area contributed by atoms with E-state index in [1.54, 1.807) is 6.92 Å². The molecule has 0 saturated heterocycles. The number of hydrogen-bond donors (Lipinski definition) is 1. The zero-order valence-corrected chi connectivity index (χ0v) is 19.1. The van der Waals surface area contributed by atoms with E-state index in [4.69, 9.17) is 0 Å². The van der Waals surface area contributed by atoms with Gasteiger partial charge in [0.2, 0.25) is 5.91 Å². The highest BCUT2D eigenvalue weighted by atomic mass is 32.1. The van der Waals surface area contributed by atoms with Gasteiger partial charge in [-0.05, 0) is 62.9 Å². The highest BCUT2D eigenvalue weighted by molar-refractivity contribution is 7.19. The van der Waals surface area contributed by atoms with E-state index in [9.17, 15) is 9.59 Å². The summed E-state index contributed by atoms with van der Waals surface area (Å²) in [6.07, 6.45) is 1.48. The molecule has 0 bridgehead atoms. The highest BCUT2D eigenvalue weighted by Crippen LogP contribution is 2.36. The average molecular weight is 432 g/mol. The molecule has 0 radical (unpaired) electrons. The minimum Gasteiger partial charge on any atom is -0.324 e. The van der Waals surface area contributed by atoms with Crippen LogP contribution in [-0.2, 0) is 4.79 Å². The Labute approximate surface area is 185 Å².